The predicted molar refractivity (Wildman–Crippen MR) is 110 cm³/mol. The molecular formula is C21H31NO4S. The first-order valence-electron chi connectivity index (χ1n) is 9.87. The number of unbranched alkanes of at least 4 members (excludes halogenated alkanes) is 2. The van der Waals surface area contributed by atoms with E-state index in [1.807, 2.05) is 6.08 Å². The average molecular weight is 394 g/mol. The average Bonchev–Trinajstić information content (AvgIpc) is 3.09. The van der Waals surface area contributed by atoms with E-state index in [0.717, 1.165) is 30.7 Å². The molecule has 4 unspecified atom stereocenters. The maximum Gasteiger partial charge on any atom is 0.303 e. The molecule has 0 radical (unpaired) electrons. The van der Waals surface area contributed by atoms with Crippen molar-refractivity contribution >= 4 is 22.8 Å². The van der Waals surface area contributed by atoms with E-state index in [1.54, 1.807) is 17.8 Å². The van der Waals surface area contributed by atoms with E-state index < -0.39 is 23.7 Å². The molecule has 1 heterocycles. The highest BCUT2D eigenvalue weighted by Crippen LogP contribution is 2.50. The summed E-state index contributed by atoms with van der Waals surface area (Å²) in [6.45, 7) is 2.13. The van der Waals surface area contributed by atoms with E-state index in [-0.39, 0.29) is 18.3 Å². The van der Waals surface area contributed by atoms with Crippen molar-refractivity contribution in [3.05, 3.63) is 12.2 Å². The topological polar surface area (TPSA) is 90.1 Å². The summed E-state index contributed by atoms with van der Waals surface area (Å²) in [4.78, 5) is 15.4. The van der Waals surface area contributed by atoms with E-state index in [2.05, 4.69) is 12.8 Å². The fourth-order valence-electron chi connectivity index (χ4n) is 4.00. The van der Waals surface area contributed by atoms with Crippen molar-refractivity contribution in [3.63, 3.8) is 0 Å². The molecule has 1 fully saturated rings. The lowest BCUT2D eigenvalue weighted by atomic mass is 9.83. The van der Waals surface area contributed by atoms with Gasteiger partial charge in [0, 0.05) is 31.1 Å². The van der Waals surface area contributed by atoms with Crippen LogP contribution in [0, 0.1) is 24.2 Å². The van der Waals surface area contributed by atoms with Crippen LogP contribution < -0.4 is 0 Å². The fourth-order valence-corrected chi connectivity index (χ4v) is 5.05. The summed E-state index contributed by atoms with van der Waals surface area (Å²) in [6, 6.07) is 0. The summed E-state index contributed by atoms with van der Waals surface area (Å²) < 4.78 is 0. The van der Waals surface area contributed by atoms with Crippen LogP contribution in [0.2, 0.25) is 0 Å². The van der Waals surface area contributed by atoms with Crippen molar-refractivity contribution in [2.45, 2.75) is 76.0 Å². The van der Waals surface area contributed by atoms with E-state index >= 15 is 0 Å². The van der Waals surface area contributed by atoms with Gasteiger partial charge in [0.1, 0.15) is 5.54 Å². The zero-order chi connectivity index (χ0) is 19.9. The third kappa shape index (κ3) is 5.84. The highest BCUT2D eigenvalue weighted by atomic mass is 32.2. The first-order valence-corrected chi connectivity index (χ1v) is 10.9. The highest BCUT2D eigenvalue weighted by molar-refractivity contribution is 8.13. The Labute approximate surface area is 166 Å². The Balaban J connectivity index is 1.95. The summed E-state index contributed by atoms with van der Waals surface area (Å²) in [5.41, 5.74) is -0.670. The molecule has 2 aliphatic rings. The van der Waals surface area contributed by atoms with Gasteiger partial charge in [-0.1, -0.05) is 44.3 Å². The smallest absolute Gasteiger partial charge is 0.303 e. The molecule has 0 saturated heterocycles. The molecule has 6 heteroatoms. The molecular weight excluding hydrogens is 362 g/mol. The van der Waals surface area contributed by atoms with Gasteiger partial charge in [-0.15, -0.1) is 18.2 Å². The molecule has 0 spiro atoms. The minimum Gasteiger partial charge on any atom is -0.481 e. The Kier molecular flexibility index (Phi) is 8.40. The molecule has 0 amide bonds. The van der Waals surface area contributed by atoms with E-state index in [0.29, 0.717) is 25.0 Å². The van der Waals surface area contributed by atoms with Gasteiger partial charge in [0.15, 0.2) is 0 Å². The molecule has 1 aliphatic carbocycles. The molecule has 150 valence electrons. The molecule has 1 aliphatic heterocycles. The number of aliphatic imine (C=N–C) groups is 1. The molecule has 0 bridgehead atoms. The van der Waals surface area contributed by atoms with Crippen molar-refractivity contribution in [2.24, 2.45) is 16.8 Å². The maximum absolute atomic E-state index is 10.6. The summed E-state index contributed by atoms with van der Waals surface area (Å²) in [6.07, 6.45) is 14.3. The summed E-state index contributed by atoms with van der Waals surface area (Å²) in [5, 5.41) is 30.3. The quantitative estimate of drug-likeness (QED) is 0.301. The number of fused-ring (bicyclic) bond motifs is 1. The first-order chi connectivity index (χ1) is 12.9. The number of aliphatic carboxylic acids is 1. The number of hydrogen-bond acceptors (Lipinski definition) is 5. The third-order valence-electron chi connectivity index (χ3n) is 5.47. The first kappa shape index (κ1) is 22.0. The minimum absolute atomic E-state index is 0.0403. The van der Waals surface area contributed by atoms with Crippen molar-refractivity contribution in [3.8, 4) is 12.3 Å². The van der Waals surface area contributed by atoms with E-state index in [4.69, 9.17) is 16.5 Å². The highest BCUT2D eigenvalue weighted by Gasteiger charge is 2.55. The Morgan fingerprint density at radius 1 is 1.48 bits per heavy atom. The molecule has 2 rings (SSSR count). The van der Waals surface area contributed by atoms with Gasteiger partial charge in [0.25, 0.3) is 0 Å². The molecule has 0 aromatic heterocycles. The zero-order valence-corrected chi connectivity index (χ0v) is 16.8. The van der Waals surface area contributed by atoms with Crippen LogP contribution in [0.15, 0.2) is 17.1 Å². The number of carbonyl (C=O) groups is 1. The van der Waals surface area contributed by atoms with Gasteiger partial charge in [0.05, 0.1) is 17.3 Å². The number of rotatable bonds is 10. The maximum atomic E-state index is 10.6. The monoisotopic (exact) mass is 393 g/mol. The summed E-state index contributed by atoms with van der Waals surface area (Å²) >= 11 is 1.57. The lowest BCUT2D eigenvalue weighted by molar-refractivity contribution is -0.137. The molecule has 5 nitrogen and oxygen atoms in total. The van der Waals surface area contributed by atoms with Gasteiger partial charge in [-0.2, -0.15) is 0 Å². The summed E-state index contributed by atoms with van der Waals surface area (Å²) in [7, 11) is 0. The molecule has 3 N–H and O–H groups in total. The second kappa shape index (κ2) is 10.3. The molecule has 0 aromatic rings. The molecule has 5 atom stereocenters. The normalized spacial score (nSPS) is 30.9. The van der Waals surface area contributed by atoms with Gasteiger partial charge < -0.3 is 15.3 Å². The number of carboxylic acid groups (broad SMARTS) is 1. The van der Waals surface area contributed by atoms with Gasteiger partial charge in [-0.25, -0.2) is 0 Å². The molecule has 27 heavy (non-hydrogen) atoms. The summed E-state index contributed by atoms with van der Waals surface area (Å²) in [5.74, 6) is 2.67. The second-order valence-corrected chi connectivity index (χ2v) is 8.70. The van der Waals surface area contributed by atoms with Crippen LogP contribution in [0.3, 0.4) is 0 Å². The lowest BCUT2D eigenvalue weighted by Gasteiger charge is -2.21. The van der Waals surface area contributed by atoms with Crippen molar-refractivity contribution in [1.82, 2.24) is 0 Å². The van der Waals surface area contributed by atoms with Crippen LogP contribution in [-0.2, 0) is 4.79 Å². The number of aliphatic hydroxyl groups excluding tert-OH is 2. The third-order valence-corrected chi connectivity index (χ3v) is 6.56. The van der Waals surface area contributed by atoms with Gasteiger partial charge in [-0.05, 0) is 18.6 Å². The number of carboxylic acids is 1. The van der Waals surface area contributed by atoms with Crippen LogP contribution in [-0.4, -0.2) is 49.8 Å². The van der Waals surface area contributed by atoms with Crippen molar-refractivity contribution in [1.29, 1.82) is 0 Å². The Bertz CT molecular complexity index is 612. The Morgan fingerprint density at radius 3 is 2.93 bits per heavy atom. The molecule has 0 aromatic carbocycles. The lowest BCUT2D eigenvalue weighted by Crippen LogP contribution is -2.27. The van der Waals surface area contributed by atoms with E-state index in [1.165, 1.54) is 0 Å². The number of hydrogen-bond donors (Lipinski definition) is 3. The van der Waals surface area contributed by atoms with Gasteiger partial charge in [-0.3, -0.25) is 9.79 Å². The minimum atomic E-state index is -0.785. The van der Waals surface area contributed by atoms with Crippen LogP contribution in [0.25, 0.3) is 0 Å². The number of nitrogens with zero attached hydrogens (tertiary/aromatic N) is 1. The van der Waals surface area contributed by atoms with Crippen molar-refractivity contribution in [2.75, 3.05) is 5.75 Å². The largest absolute Gasteiger partial charge is 0.481 e. The van der Waals surface area contributed by atoms with E-state index in [9.17, 15) is 15.0 Å². The van der Waals surface area contributed by atoms with Crippen LogP contribution in [0.1, 0.15) is 58.3 Å². The second-order valence-electron chi connectivity index (χ2n) is 7.53. The van der Waals surface area contributed by atoms with Gasteiger partial charge in [0.2, 0.25) is 0 Å². The van der Waals surface area contributed by atoms with Crippen LogP contribution >= 0.6 is 11.8 Å². The standard InChI is InChI=1S/C21H31NO4S/c1-3-5-6-8-15(23)10-11-16-17-13-19(27-12-7-9-20(25)26)22-21(17,4-2)14-18(16)24/h2,10-11,15-18,23-24H,3,5-9,12-14H2,1H3,(H,25,26)/t15-,16?,17?,18?,21?/m0/s1. The fraction of sp³-hybridized carbons (Fsp3) is 0.714. The number of terminal acetylenes is 1. The number of aliphatic hydroxyl groups is 2. The van der Waals surface area contributed by atoms with Crippen molar-refractivity contribution < 1.29 is 20.1 Å². The molecule has 1 saturated carbocycles. The van der Waals surface area contributed by atoms with Crippen LogP contribution in [0.5, 0.6) is 0 Å². The van der Waals surface area contributed by atoms with Crippen LogP contribution in [0.4, 0.5) is 0 Å². The zero-order valence-electron chi connectivity index (χ0n) is 16.0. The Hall–Kier alpha value is -1.29. The SMILES string of the molecule is C#CC12CC(O)C(C=C[C@@H](O)CCCCC)C1CC(SCCCC(=O)O)=N2. The number of thioether (sulfide) groups is 1. The Morgan fingerprint density at radius 2 is 2.26 bits per heavy atom. The predicted octanol–water partition coefficient (Wildman–Crippen LogP) is 3.25. The van der Waals surface area contributed by atoms with Gasteiger partial charge >= 0.3 is 5.97 Å².